The zero-order valence-electron chi connectivity index (χ0n) is 25.1. The number of para-hydroxylation sites is 2. The third-order valence-corrected chi connectivity index (χ3v) is 7.52. The summed E-state index contributed by atoms with van der Waals surface area (Å²) in [5.41, 5.74) is 0.281. The van der Waals surface area contributed by atoms with E-state index in [0.29, 0.717) is 18.6 Å². The van der Waals surface area contributed by atoms with Crippen molar-refractivity contribution in [2.24, 2.45) is 0 Å². The largest absolute Gasteiger partial charge is 0.496 e. The lowest BCUT2D eigenvalue weighted by Gasteiger charge is -2.35. The van der Waals surface area contributed by atoms with Gasteiger partial charge < -0.3 is 19.5 Å². The third kappa shape index (κ3) is 7.79. The lowest BCUT2D eigenvalue weighted by Crippen LogP contribution is -2.50. The van der Waals surface area contributed by atoms with Crippen molar-refractivity contribution >= 4 is 29.4 Å². The van der Waals surface area contributed by atoms with E-state index in [1.807, 2.05) is 36.4 Å². The molecular formula is C35H33F2N3O6. The molecule has 4 aromatic rings. The molecule has 4 aromatic carbocycles. The number of carbonyl (C=O) groups excluding carboxylic acids is 3. The summed E-state index contributed by atoms with van der Waals surface area (Å²) in [6.45, 7) is 0.0000293. The van der Waals surface area contributed by atoms with Gasteiger partial charge in [-0.3, -0.25) is 10.2 Å². The summed E-state index contributed by atoms with van der Waals surface area (Å²) in [7, 11) is 1.40. The van der Waals surface area contributed by atoms with Crippen molar-refractivity contribution in [3.8, 4) is 17.2 Å². The maximum absolute atomic E-state index is 14.2. The number of nitrogens with zero attached hydrogens (tertiary/aromatic N) is 1. The van der Waals surface area contributed by atoms with Crippen LogP contribution in [0.15, 0.2) is 91.0 Å². The van der Waals surface area contributed by atoms with Gasteiger partial charge in [0.2, 0.25) is 0 Å². The van der Waals surface area contributed by atoms with Gasteiger partial charge in [-0.25, -0.2) is 23.2 Å². The Bertz CT molecular complexity index is 1660. The van der Waals surface area contributed by atoms with E-state index in [1.165, 1.54) is 24.1 Å². The van der Waals surface area contributed by atoms with Gasteiger partial charge in [0.15, 0.2) is 5.75 Å². The van der Waals surface area contributed by atoms with Crippen LogP contribution in [-0.2, 0) is 11.3 Å². The van der Waals surface area contributed by atoms with Crippen molar-refractivity contribution in [3.63, 3.8) is 0 Å². The molecule has 0 bridgehead atoms. The van der Waals surface area contributed by atoms with E-state index in [0.717, 1.165) is 43.0 Å². The van der Waals surface area contributed by atoms with Crippen LogP contribution in [0.2, 0.25) is 0 Å². The fourth-order valence-electron chi connectivity index (χ4n) is 5.30. The molecule has 0 aromatic heterocycles. The normalized spacial score (nSPS) is 12.9. The minimum absolute atomic E-state index is 0.0000293. The minimum atomic E-state index is -1.14. The molecular weight excluding hydrogens is 596 g/mol. The van der Waals surface area contributed by atoms with Crippen molar-refractivity contribution in [1.29, 1.82) is 0 Å². The van der Waals surface area contributed by atoms with Crippen LogP contribution < -0.4 is 25.0 Å². The Morgan fingerprint density at radius 1 is 0.826 bits per heavy atom. The van der Waals surface area contributed by atoms with Crippen molar-refractivity contribution in [2.75, 3.05) is 17.3 Å². The second-order valence-electron chi connectivity index (χ2n) is 10.6. The SMILES string of the molecule is COc1cc(Oc2ccccc2)c(N(C(=O)NC(=O)Nc2c(F)cccc2F)C2CCCCC2)cc1C(=O)OCc1ccccc1. The molecule has 0 saturated heterocycles. The molecule has 4 amide bonds. The highest BCUT2D eigenvalue weighted by Crippen LogP contribution is 2.41. The van der Waals surface area contributed by atoms with E-state index in [4.69, 9.17) is 14.2 Å². The van der Waals surface area contributed by atoms with Gasteiger partial charge in [0.05, 0.1) is 12.8 Å². The molecule has 2 N–H and O–H groups in total. The van der Waals surface area contributed by atoms with Crippen LogP contribution in [0.1, 0.15) is 48.0 Å². The number of hydrogen-bond acceptors (Lipinski definition) is 6. The second-order valence-corrected chi connectivity index (χ2v) is 10.6. The molecule has 1 fully saturated rings. The summed E-state index contributed by atoms with van der Waals surface area (Å²) >= 11 is 0. The Morgan fingerprint density at radius 2 is 1.48 bits per heavy atom. The summed E-state index contributed by atoms with van der Waals surface area (Å²) in [4.78, 5) is 41.6. The third-order valence-electron chi connectivity index (χ3n) is 7.52. The Kier molecular flexibility index (Phi) is 10.4. The number of ether oxygens (including phenoxy) is 3. The maximum Gasteiger partial charge on any atom is 0.342 e. The Balaban J connectivity index is 1.53. The molecule has 1 aliphatic rings. The molecule has 238 valence electrons. The number of rotatable bonds is 9. The molecule has 0 unspecified atom stereocenters. The molecule has 0 atom stereocenters. The predicted molar refractivity (Wildman–Crippen MR) is 168 cm³/mol. The van der Waals surface area contributed by atoms with Gasteiger partial charge in [-0.1, -0.05) is 73.9 Å². The van der Waals surface area contributed by atoms with E-state index < -0.39 is 41.4 Å². The van der Waals surface area contributed by atoms with Gasteiger partial charge in [0, 0.05) is 12.1 Å². The molecule has 0 spiro atoms. The van der Waals surface area contributed by atoms with E-state index in [1.54, 1.807) is 24.3 Å². The highest BCUT2D eigenvalue weighted by atomic mass is 19.1. The average Bonchev–Trinajstić information content (AvgIpc) is 3.07. The topological polar surface area (TPSA) is 106 Å². The smallest absolute Gasteiger partial charge is 0.342 e. The summed E-state index contributed by atoms with van der Waals surface area (Å²) in [5, 5.41) is 4.27. The standard InChI is InChI=1S/C35H33F2N3O6/c1-44-30-21-31(46-25-16-9-4-10-17-25)29(20-26(30)33(41)45-22-23-12-5-2-6-13-23)40(24-14-7-3-8-15-24)35(43)39-34(42)38-32-27(36)18-11-19-28(32)37/h2,4-6,9-13,16-21,24H,3,7-8,14-15,22H2,1H3,(H2,38,39,42,43). The number of benzene rings is 4. The highest BCUT2D eigenvalue weighted by Gasteiger charge is 2.33. The maximum atomic E-state index is 14.2. The van der Waals surface area contributed by atoms with Crippen molar-refractivity contribution in [3.05, 3.63) is 114 Å². The first-order valence-corrected chi connectivity index (χ1v) is 14.8. The molecule has 0 aliphatic heterocycles. The van der Waals surface area contributed by atoms with E-state index in [9.17, 15) is 23.2 Å². The number of methoxy groups -OCH3 is 1. The van der Waals surface area contributed by atoms with Crippen LogP contribution in [0.4, 0.5) is 29.7 Å². The lowest BCUT2D eigenvalue weighted by atomic mass is 9.93. The summed E-state index contributed by atoms with van der Waals surface area (Å²) in [6.07, 6.45) is 3.80. The lowest BCUT2D eigenvalue weighted by molar-refractivity contribution is 0.0469. The van der Waals surface area contributed by atoms with Crippen molar-refractivity contribution < 1.29 is 37.4 Å². The first kappa shape index (κ1) is 32.0. The van der Waals surface area contributed by atoms with Gasteiger partial charge in [-0.2, -0.15) is 0 Å². The number of esters is 1. The molecule has 1 aliphatic carbocycles. The van der Waals surface area contributed by atoms with E-state index >= 15 is 0 Å². The van der Waals surface area contributed by atoms with Crippen LogP contribution in [0.25, 0.3) is 0 Å². The molecule has 1 saturated carbocycles. The number of anilines is 2. The molecule has 9 nitrogen and oxygen atoms in total. The van der Waals surface area contributed by atoms with Gasteiger partial charge in [0.1, 0.15) is 41.0 Å². The zero-order valence-corrected chi connectivity index (χ0v) is 25.1. The highest BCUT2D eigenvalue weighted by molar-refractivity contribution is 6.08. The van der Waals surface area contributed by atoms with Crippen molar-refractivity contribution in [2.45, 2.75) is 44.8 Å². The Hall–Kier alpha value is -5.45. The fraction of sp³-hybridized carbons (Fsp3) is 0.229. The van der Waals surface area contributed by atoms with Crippen LogP contribution in [0.3, 0.4) is 0 Å². The number of carbonyl (C=O) groups is 3. The molecule has 0 heterocycles. The second kappa shape index (κ2) is 15.0. The molecule has 46 heavy (non-hydrogen) atoms. The quantitative estimate of drug-likeness (QED) is 0.181. The summed E-state index contributed by atoms with van der Waals surface area (Å²) in [6, 6.07) is 21.6. The number of imide groups is 1. The zero-order chi connectivity index (χ0) is 32.5. The Labute approximate surface area is 265 Å². The Morgan fingerprint density at radius 3 is 2.13 bits per heavy atom. The van der Waals surface area contributed by atoms with Gasteiger partial charge in [-0.05, 0) is 48.7 Å². The van der Waals surface area contributed by atoms with Gasteiger partial charge in [-0.15, -0.1) is 0 Å². The first-order valence-electron chi connectivity index (χ1n) is 14.8. The number of amides is 4. The fourth-order valence-corrected chi connectivity index (χ4v) is 5.30. The van der Waals surface area contributed by atoms with Gasteiger partial charge >= 0.3 is 18.0 Å². The number of hydrogen-bond donors (Lipinski definition) is 2. The number of nitrogens with one attached hydrogen (secondary N) is 2. The monoisotopic (exact) mass is 629 g/mol. The molecule has 11 heteroatoms. The van der Waals surface area contributed by atoms with Crippen molar-refractivity contribution in [1.82, 2.24) is 5.32 Å². The first-order chi connectivity index (χ1) is 22.3. The van der Waals surface area contributed by atoms with Gasteiger partial charge in [0.25, 0.3) is 0 Å². The van der Waals surface area contributed by atoms with Crippen LogP contribution >= 0.6 is 0 Å². The summed E-state index contributed by atoms with van der Waals surface area (Å²) in [5.74, 6) is -1.95. The van der Waals surface area contributed by atoms with Crippen LogP contribution in [-0.4, -0.2) is 31.2 Å². The minimum Gasteiger partial charge on any atom is -0.496 e. The summed E-state index contributed by atoms with van der Waals surface area (Å²) < 4.78 is 45.8. The molecule has 0 radical (unpaired) electrons. The van der Waals surface area contributed by atoms with E-state index in [2.05, 4.69) is 10.6 Å². The predicted octanol–water partition coefficient (Wildman–Crippen LogP) is 8.20. The van der Waals surface area contributed by atoms with E-state index in [-0.39, 0.29) is 29.4 Å². The average molecular weight is 630 g/mol. The van der Waals surface area contributed by atoms with Crippen LogP contribution in [0, 0.1) is 11.6 Å². The molecule has 5 rings (SSSR count). The number of urea groups is 2. The van der Waals surface area contributed by atoms with Crippen LogP contribution in [0.5, 0.6) is 17.2 Å². The number of halogens is 2.